The number of carbonyl (C=O) groups is 1. The molecule has 0 spiro atoms. The lowest BCUT2D eigenvalue weighted by Gasteiger charge is -2.20. The molecule has 2 aromatic rings. The van der Waals surface area contributed by atoms with Crippen LogP contribution >= 0.6 is 11.5 Å². The Morgan fingerprint density at radius 3 is 2.74 bits per heavy atom. The Hall–Kier alpha value is -1.99. The van der Waals surface area contributed by atoms with Gasteiger partial charge in [0.1, 0.15) is 5.82 Å². The van der Waals surface area contributed by atoms with E-state index in [9.17, 15) is 4.79 Å². The van der Waals surface area contributed by atoms with Gasteiger partial charge in [0.25, 0.3) is 0 Å². The van der Waals surface area contributed by atoms with Crippen molar-refractivity contribution < 1.29 is 9.53 Å². The van der Waals surface area contributed by atoms with E-state index in [4.69, 9.17) is 4.74 Å². The fourth-order valence-corrected chi connectivity index (χ4v) is 3.29. The summed E-state index contributed by atoms with van der Waals surface area (Å²) in [5.74, 6) is 1.48. The van der Waals surface area contributed by atoms with Crippen molar-refractivity contribution >= 4 is 22.6 Å². The Bertz CT molecular complexity index is 676. The number of aromatic nitrogens is 2. The second-order valence-corrected chi connectivity index (χ2v) is 7.65. The van der Waals surface area contributed by atoms with Crippen LogP contribution in [0.3, 0.4) is 0 Å². The van der Waals surface area contributed by atoms with Crippen molar-refractivity contribution in [3.8, 4) is 0 Å². The first-order valence-electron chi connectivity index (χ1n) is 9.45. The van der Waals surface area contributed by atoms with Crippen LogP contribution in [0.25, 0.3) is 0 Å². The lowest BCUT2D eigenvalue weighted by Crippen LogP contribution is -2.33. The first-order chi connectivity index (χ1) is 13.1. The van der Waals surface area contributed by atoms with Crippen LogP contribution < -0.4 is 10.2 Å². The van der Waals surface area contributed by atoms with E-state index in [1.54, 1.807) is 7.11 Å². The summed E-state index contributed by atoms with van der Waals surface area (Å²) in [5, 5.41) is 3.83. The number of hydrogen-bond donors (Lipinski definition) is 1. The van der Waals surface area contributed by atoms with Crippen LogP contribution in [-0.4, -0.2) is 48.6 Å². The first-order valence-corrected chi connectivity index (χ1v) is 10.2. The summed E-state index contributed by atoms with van der Waals surface area (Å²) in [5.41, 5.74) is 1.19. The highest BCUT2D eigenvalue weighted by Crippen LogP contribution is 2.19. The molecule has 1 amide bonds. The lowest BCUT2D eigenvalue weighted by molar-refractivity contribution is -0.120. The van der Waals surface area contributed by atoms with Crippen LogP contribution in [0.4, 0.5) is 5.13 Å². The van der Waals surface area contributed by atoms with Gasteiger partial charge in [-0.15, -0.1) is 0 Å². The molecule has 27 heavy (non-hydrogen) atoms. The molecule has 0 aliphatic carbocycles. The lowest BCUT2D eigenvalue weighted by atomic mass is 10.1. The van der Waals surface area contributed by atoms with Crippen LogP contribution in [-0.2, 0) is 16.0 Å². The minimum atomic E-state index is 0.0760. The maximum absolute atomic E-state index is 12.1. The molecule has 0 fully saturated rings. The normalized spacial score (nSPS) is 11.0. The summed E-state index contributed by atoms with van der Waals surface area (Å²) in [4.78, 5) is 18.8. The van der Waals surface area contributed by atoms with Crippen molar-refractivity contribution in [2.45, 2.75) is 33.1 Å². The Balaban J connectivity index is 1.90. The average Bonchev–Trinajstić information content (AvgIpc) is 3.10. The van der Waals surface area contributed by atoms with Gasteiger partial charge in [0.2, 0.25) is 11.0 Å². The maximum atomic E-state index is 12.1. The van der Waals surface area contributed by atoms with Crippen molar-refractivity contribution in [2.24, 2.45) is 5.92 Å². The maximum Gasteiger partial charge on any atom is 0.221 e. The van der Waals surface area contributed by atoms with Gasteiger partial charge in [-0.1, -0.05) is 44.2 Å². The van der Waals surface area contributed by atoms with Crippen molar-refractivity contribution in [1.82, 2.24) is 14.7 Å². The van der Waals surface area contributed by atoms with E-state index < -0.39 is 0 Å². The molecule has 1 heterocycles. The zero-order valence-corrected chi connectivity index (χ0v) is 17.3. The van der Waals surface area contributed by atoms with Gasteiger partial charge in [0.05, 0.1) is 6.61 Å². The fraction of sp³-hybridized carbons (Fsp3) is 0.550. The molecule has 0 radical (unpaired) electrons. The molecule has 0 atom stereocenters. The van der Waals surface area contributed by atoms with Crippen LogP contribution in [0.5, 0.6) is 0 Å². The summed E-state index contributed by atoms with van der Waals surface area (Å²) in [6.07, 6.45) is 2.15. The number of nitrogens with one attached hydrogen (secondary N) is 1. The molecular weight excluding hydrogens is 360 g/mol. The molecule has 0 aliphatic heterocycles. The van der Waals surface area contributed by atoms with Gasteiger partial charge in [-0.3, -0.25) is 4.79 Å². The molecule has 0 saturated heterocycles. The topological polar surface area (TPSA) is 67.3 Å². The molecule has 1 N–H and O–H groups in total. The molecule has 0 bridgehead atoms. The zero-order chi connectivity index (χ0) is 19.5. The van der Waals surface area contributed by atoms with Gasteiger partial charge in [-0.25, -0.2) is 4.98 Å². The fourth-order valence-electron chi connectivity index (χ4n) is 2.55. The summed E-state index contributed by atoms with van der Waals surface area (Å²) < 4.78 is 9.69. The number of carbonyl (C=O) groups excluding carboxylic acids is 1. The first kappa shape index (κ1) is 21.3. The van der Waals surface area contributed by atoms with E-state index in [0.717, 1.165) is 23.9 Å². The van der Waals surface area contributed by atoms with Gasteiger partial charge in [-0.2, -0.15) is 4.37 Å². The van der Waals surface area contributed by atoms with Gasteiger partial charge in [-0.05, 0) is 17.9 Å². The molecule has 1 aromatic carbocycles. The number of nitrogens with zero attached hydrogens (tertiary/aromatic N) is 3. The highest BCUT2D eigenvalue weighted by Gasteiger charge is 2.14. The average molecular weight is 391 g/mol. The minimum Gasteiger partial charge on any atom is -0.383 e. The molecule has 0 unspecified atom stereocenters. The van der Waals surface area contributed by atoms with Gasteiger partial charge < -0.3 is 15.0 Å². The number of rotatable bonds is 12. The number of methoxy groups -OCH3 is 1. The van der Waals surface area contributed by atoms with Crippen LogP contribution in [0, 0.1) is 5.92 Å². The number of anilines is 1. The highest BCUT2D eigenvalue weighted by atomic mass is 32.1. The standard InChI is InChI=1S/C20H30N4O2S/c1-16(2)9-11-21-19(25)10-12-24(13-14-26-3)20-22-18(23-27-20)15-17-7-5-4-6-8-17/h4-8,16H,9-15H2,1-3H3,(H,21,25). The van der Waals surface area contributed by atoms with Crippen LogP contribution in [0.15, 0.2) is 30.3 Å². The molecule has 0 saturated carbocycles. The Labute approximate surface area is 166 Å². The van der Waals surface area contributed by atoms with Crippen LogP contribution in [0.2, 0.25) is 0 Å². The molecule has 0 aliphatic rings. The number of hydrogen-bond acceptors (Lipinski definition) is 6. The quantitative estimate of drug-likeness (QED) is 0.603. The van der Waals surface area contributed by atoms with E-state index >= 15 is 0 Å². The Morgan fingerprint density at radius 1 is 1.26 bits per heavy atom. The smallest absolute Gasteiger partial charge is 0.221 e. The van der Waals surface area contributed by atoms with E-state index in [1.807, 2.05) is 18.2 Å². The van der Waals surface area contributed by atoms with E-state index in [-0.39, 0.29) is 5.91 Å². The Morgan fingerprint density at radius 2 is 2.04 bits per heavy atom. The Kier molecular flexibility index (Phi) is 9.21. The van der Waals surface area contributed by atoms with Gasteiger partial charge in [0.15, 0.2) is 0 Å². The van der Waals surface area contributed by atoms with Gasteiger partial charge >= 0.3 is 0 Å². The number of amides is 1. The predicted octanol–water partition coefficient (Wildman–Crippen LogP) is 3.13. The highest BCUT2D eigenvalue weighted by molar-refractivity contribution is 7.09. The summed E-state index contributed by atoms with van der Waals surface area (Å²) in [6, 6.07) is 10.2. The summed E-state index contributed by atoms with van der Waals surface area (Å²) in [6.45, 7) is 6.92. The summed E-state index contributed by atoms with van der Waals surface area (Å²) >= 11 is 1.38. The second-order valence-electron chi connectivity index (χ2n) is 6.92. The van der Waals surface area contributed by atoms with Crippen molar-refractivity contribution in [3.05, 3.63) is 41.7 Å². The van der Waals surface area contributed by atoms with Crippen molar-refractivity contribution in [2.75, 3.05) is 38.3 Å². The second kappa shape index (κ2) is 11.7. The third-order valence-electron chi connectivity index (χ3n) is 4.15. The molecule has 1 aromatic heterocycles. The molecule has 148 valence electrons. The van der Waals surface area contributed by atoms with Gasteiger partial charge in [0, 0.05) is 51.1 Å². The molecule has 7 heteroatoms. The molecule has 2 rings (SSSR count). The summed E-state index contributed by atoms with van der Waals surface area (Å²) in [7, 11) is 1.68. The minimum absolute atomic E-state index is 0.0760. The van der Waals surface area contributed by atoms with Crippen molar-refractivity contribution in [3.63, 3.8) is 0 Å². The van der Waals surface area contributed by atoms with Crippen molar-refractivity contribution in [1.29, 1.82) is 0 Å². The van der Waals surface area contributed by atoms with E-state index in [0.29, 0.717) is 38.5 Å². The SMILES string of the molecule is COCCN(CCC(=O)NCCC(C)C)c1nc(Cc2ccccc2)ns1. The third kappa shape index (κ3) is 8.05. The number of benzene rings is 1. The molecule has 6 nitrogen and oxygen atoms in total. The monoisotopic (exact) mass is 390 g/mol. The van der Waals surface area contributed by atoms with Crippen LogP contribution in [0.1, 0.15) is 38.1 Å². The third-order valence-corrected chi connectivity index (χ3v) is 4.97. The zero-order valence-electron chi connectivity index (χ0n) is 16.5. The largest absolute Gasteiger partial charge is 0.383 e. The molecular formula is C20H30N4O2S. The predicted molar refractivity (Wildman–Crippen MR) is 110 cm³/mol. The number of ether oxygens (including phenoxy) is 1. The van der Waals surface area contributed by atoms with E-state index in [2.05, 4.69) is 45.6 Å². The van der Waals surface area contributed by atoms with E-state index in [1.165, 1.54) is 17.1 Å².